The van der Waals surface area contributed by atoms with Gasteiger partial charge in [-0.3, -0.25) is 4.98 Å². The highest BCUT2D eigenvalue weighted by Crippen LogP contribution is 2.19. The summed E-state index contributed by atoms with van der Waals surface area (Å²) in [4.78, 5) is 15.4. The zero-order valence-corrected chi connectivity index (χ0v) is 12.7. The van der Waals surface area contributed by atoms with Gasteiger partial charge in [-0.1, -0.05) is 17.7 Å². The van der Waals surface area contributed by atoms with E-state index in [-0.39, 0.29) is 16.2 Å². The van der Waals surface area contributed by atoms with Crippen molar-refractivity contribution in [1.29, 1.82) is 0 Å². The third kappa shape index (κ3) is 3.80. The van der Waals surface area contributed by atoms with Crippen LogP contribution in [0.15, 0.2) is 47.5 Å². The molecule has 0 saturated heterocycles. The molecule has 0 unspecified atom stereocenters. The number of methoxy groups -OCH3 is 1. The highest BCUT2D eigenvalue weighted by atomic mass is 35.5. The molecule has 0 spiro atoms. The maximum atomic E-state index is 12.2. The quantitative estimate of drug-likeness (QED) is 0.807. The van der Waals surface area contributed by atoms with Crippen LogP contribution in [-0.4, -0.2) is 26.5 Å². The maximum absolute atomic E-state index is 12.2. The van der Waals surface area contributed by atoms with E-state index in [1.54, 1.807) is 12.1 Å². The van der Waals surface area contributed by atoms with Crippen molar-refractivity contribution >= 4 is 27.4 Å². The summed E-state index contributed by atoms with van der Waals surface area (Å²) in [7, 11) is -2.27. The van der Waals surface area contributed by atoms with Crippen molar-refractivity contribution < 1.29 is 17.9 Å². The molecule has 0 N–H and O–H groups in total. The molecule has 1 aromatic carbocycles. The van der Waals surface area contributed by atoms with Crippen LogP contribution in [0.5, 0.6) is 0 Å². The average molecular weight is 326 g/mol. The van der Waals surface area contributed by atoms with Crippen molar-refractivity contribution in [1.82, 2.24) is 4.98 Å². The van der Waals surface area contributed by atoms with Crippen LogP contribution in [0, 0.1) is 0 Å². The number of rotatable bonds is 4. The summed E-state index contributed by atoms with van der Waals surface area (Å²) in [6.07, 6.45) is 1.29. The van der Waals surface area contributed by atoms with E-state index in [2.05, 4.69) is 9.72 Å². The molecule has 2 rings (SSSR count). The fraction of sp³-hybridized carbons (Fsp3) is 0.143. The van der Waals surface area contributed by atoms with E-state index in [0.29, 0.717) is 10.7 Å². The van der Waals surface area contributed by atoms with Gasteiger partial charge in [0.2, 0.25) is 0 Å². The number of nitrogens with zero attached hydrogens (tertiary/aromatic N) is 1. The first-order valence-corrected chi connectivity index (χ1v) is 7.97. The number of carbonyl (C=O) groups excluding carboxylic acids is 1. The van der Waals surface area contributed by atoms with Crippen LogP contribution in [-0.2, 0) is 20.3 Å². The average Bonchev–Trinajstić information content (AvgIpc) is 2.47. The Morgan fingerprint density at radius 3 is 2.62 bits per heavy atom. The maximum Gasteiger partial charge on any atom is 0.339 e. The van der Waals surface area contributed by atoms with Gasteiger partial charge in [0.15, 0.2) is 9.84 Å². The van der Waals surface area contributed by atoms with Gasteiger partial charge < -0.3 is 4.74 Å². The molecule has 1 aromatic heterocycles. The van der Waals surface area contributed by atoms with Gasteiger partial charge in [0.25, 0.3) is 0 Å². The molecule has 0 radical (unpaired) electrons. The van der Waals surface area contributed by atoms with Crippen LogP contribution in [0.1, 0.15) is 16.1 Å². The number of halogens is 1. The molecule has 0 aliphatic heterocycles. The highest BCUT2D eigenvalue weighted by molar-refractivity contribution is 7.90. The fourth-order valence-corrected chi connectivity index (χ4v) is 3.26. The fourth-order valence-electron chi connectivity index (χ4n) is 1.69. The molecule has 110 valence electrons. The van der Waals surface area contributed by atoms with E-state index >= 15 is 0 Å². The van der Waals surface area contributed by atoms with E-state index in [0.717, 1.165) is 0 Å². The third-order valence-corrected chi connectivity index (χ3v) is 4.62. The second-order valence-corrected chi connectivity index (χ2v) is 6.67. The van der Waals surface area contributed by atoms with Crippen molar-refractivity contribution in [2.45, 2.75) is 10.6 Å². The summed E-state index contributed by atoms with van der Waals surface area (Å²) in [5.74, 6) is -0.791. The zero-order valence-electron chi connectivity index (χ0n) is 11.1. The number of ether oxygens (including phenoxy) is 1. The lowest BCUT2D eigenvalue weighted by Crippen LogP contribution is -2.08. The van der Waals surface area contributed by atoms with Crippen LogP contribution in [0.25, 0.3) is 0 Å². The molecule has 0 amide bonds. The van der Waals surface area contributed by atoms with Crippen LogP contribution in [0.4, 0.5) is 0 Å². The minimum absolute atomic E-state index is 0.133. The lowest BCUT2D eigenvalue weighted by molar-refractivity contribution is 0.0600. The van der Waals surface area contributed by atoms with Gasteiger partial charge >= 0.3 is 5.97 Å². The molecular formula is C14H12ClNO4S. The molecular weight excluding hydrogens is 314 g/mol. The summed E-state index contributed by atoms with van der Waals surface area (Å²) in [5, 5.41) is 0.352. The normalized spacial score (nSPS) is 11.1. The van der Waals surface area contributed by atoms with Crippen molar-refractivity contribution in [3.63, 3.8) is 0 Å². The number of benzene rings is 1. The summed E-state index contributed by atoms with van der Waals surface area (Å²) < 4.78 is 29.0. The number of pyridine rings is 1. The summed E-state index contributed by atoms with van der Waals surface area (Å²) in [6, 6.07) is 8.99. The van der Waals surface area contributed by atoms with Gasteiger partial charge in [0.05, 0.1) is 29.0 Å². The minimum Gasteiger partial charge on any atom is -0.465 e. The third-order valence-electron chi connectivity index (χ3n) is 2.74. The Balaban J connectivity index is 2.23. The molecule has 2 aromatic rings. The lowest BCUT2D eigenvalue weighted by Gasteiger charge is -2.05. The Bertz CT molecular complexity index is 757. The van der Waals surface area contributed by atoms with Crippen LogP contribution in [0.3, 0.4) is 0 Å². The Morgan fingerprint density at radius 1 is 1.29 bits per heavy atom. The van der Waals surface area contributed by atoms with E-state index < -0.39 is 15.8 Å². The van der Waals surface area contributed by atoms with E-state index in [4.69, 9.17) is 11.6 Å². The number of aromatic nitrogens is 1. The standard InChI is InChI=1S/C14H12ClNO4S/c1-20-14(17)10-5-6-12(16-8-10)9-21(18,19)13-4-2-3-11(15)7-13/h2-8H,9H2,1H3. The second-order valence-electron chi connectivity index (χ2n) is 4.25. The smallest absolute Gasteiger partial charge is 0.339 e. The Hall–Kier alpha value is -1.92. The second kappa shape index (κ2) is 6.24. The highest BCUT2D eigenvalue weighted by Gasteiger charge is 2.17. The topological polar surface area (TPSA) is 73.3 Å². The summed E-state index contributed by atoms with van der Waals surface area (Å²) in [6.45, 7) is 0. The molecule has 0 atom stereocenters. The largest absolute Gasteiger partial charge is 0.465 e. The molecule has 0 aliphatic rings. The van der Waals surface area contributed by atoms with Gasteiger partial charge in [0.1, 0.15) is 0 Å². The summed E-state index contributed by atoms with van der Waals surface area (Å²) in [5.41, 5.74) is 0.601. The van der Waals surface area contributed by atoms with Gasteiger partial charge in [0, 0.05) is 11.2 Å². The Morgan fingerprint density at radius 2 is 2.05 bits per heavy atom. The van der Waals surface area contributed by atoms with Crippen molar-refractivity contribution in [2.75, 3.05) is 7.11 Å². The van der Waals surface area contributed by atoms with Gasteiger partial charge in [-0.25, -0.2) is 13.2 Å². The van der Waals surface area contributed by atoms with Crippen LogP contribution in [0.2, 0.25) is 5.02 Å². The Labute approximate surface area is 127 Å². The molecule has 0 bridgehead atoms. The number of hydrogen-bond acceptors (Lipinski definition) is 5. The minimum atomic E-state index is -3.54. The SMILES string of the molecule is COC(=O)c1ccc(CS(=O)(=O)c2cccc(Cl)c2)nc1. The monoisotopic (exact) mass is 325 g/mol. The van der Waals surface area contributed by atoms with E-state index in [1.165, 1.54) is 37.6 Å². The predicted octanol–water partition coefficient (Wildman–Crippen LogP) is 2.50. The molecule has 21 heavy (non-hydrogen) atoms. The first kappa shape index (κ1) is 15.5. The lowest BCUT2D eigenvalue weighted by atomic mass is 10.2. The molecule has 0 fully saturated rings. The van der Waals surface area contributed by atoms with Crippen LogP contribution >= 0.6 is 11.6 Å². The van der Waals surface area contributed by atoms with E-state index in [1.807, 2.05) is 0 Å². The zero-order chi connectivity index (χ0) is 15.5. The van der Waals surface area contributed by atoms with Crippen molar-refractivity contribution in [2.24, 2.45) is 0 Å². The van der Waals surface area contributed by atoms with Gasteiger partial charge in [-0.05, 0) is 30.3 Å². The predicted molar refractivity (Wildman–Crippen MR) is 77.9 cm³/mol. The molecule has 0 saturated carbocycles. The molecule has 1 heterocycles. The van der Waals surface area contributed by atoms with Crippen molar-refractivity contribution in [3.8, 4) is 0 Å². The van der Waals surface area contributed by atoms with E-state index in [9.17, 15) is 13.2 Å². The number of esters is 1. The van der Waals surface area contributed by atoms with Gasteiger partial charge in [-0.15, -0.1) is 0 Å². The van der Waals surface area contributed by atoms with Gasteiger partial charge in [-0.2, -0.15) is 0 Å². The summed E-state index contributed by atoms with van der Waals surface area (Å²) >= 11 is 5.79. The molecule has 0 aliphatic carbocycles. The van der Waals surface area contributed by atoms with Crippen LogP contribution < -0.4 is 0 Å². The molecule has 7 heteroatoms. The molecule has 5 nitrogen and oxygen atoms in total. The first-order chi connectivity index (χ1) is 9.92. The Kier molecular flexibility index (Phi) is 4.59. The number of sulfone groups is 1. The first-order valence-electron chi connectivity index (χ1n) is 5.94. The number of carbonyl (C=O) groups is 1. The van der Waals surface area contributed by atoms with Crippen molar-refractivity contribution in [3.05, 3.63) is 58.9 Å². The number of hydrogen-bond donors (Lipinski definition) is 0.